The van der Waals surface area contributed by atoms with E-state index in [2.05, 4.69) is 5.32 Å². The largest absolute Gasteiger partial charge is 0.444 e. The third-order valence-corrected chi connectivity index (χ3v) is 2.77. The SMILES string of the molecule is CC(C)(C)OC(=O)NC[C@@H]1CCOC[C@H]1CO. The summed E-state index contributed by atoms with van der Waals surface area (Å²) in [6.07, 6.45) is 0.460. The third-order valence-electron chi connectivity index (χ3n) is 2.77. The van der Waals surface area contributed by atoms with Crippen molar-refractivity contribution in [2.45, 2.75) is 32.8 Å². The second-order valence-electron chi connectivity index (χ2n) is 5.45. The van der Waals surface area contributed by atoms with Gasteiger partial charge in [-0.2, -0.15) is 0 Å². The lowest BCUT2D eigenvalue weighted by Gasteiger charge is -2.30. The van der Waals surface area contributed by atoms with Crippen molar-refractivity contribution in [2.75, 3.05) is 26.4 Å². The van der Waals surface area contributed by atoms with Gasteiger partial charge in [-0.05, 0) is 33.1 Å². The Kier molecular flexibility index (Phi) is 5.21. The van der Waals surface area contributed by atoms with Crippen molar-refractivity contribution in [1.82, 2.24) is 5.32 Å². The first kappa shape index (κ1) is 14.3. The number of rotatable bonds is 3. The zero-order valence-electron chi connectivity index (χ0n) is 10.9. The van der Waals surface area contributed by atoms with E-state index in [4.69, 9.17) is 9.47 Å². The van der Waals surface area contributed by atoms with Gasteiger partial charge in [0.25, 0.3) is 0 Å². The molecule has 0 unspecified atom stereocenters. The monoisotopic (exact) mass is 245 g/mol. The summed E-state index contributed by atoms with van der Waals surface area (Å²) in [4.78, 5) is 11.5. The highest BCUT2D eigenvalue weighted by atomic mass is 16.6. The highest BCUT2D eigenvalue weighted by Crippen LogP contribution is 2.20. The molecule has 1 aliphatic rings. The number of hydrogen-bond acceptors (Lipinski definition) is 4. The van der Waals surface area contributed by atoms with Crippen LogP contribution in [0.3, 0.4) is 0 Å². The molecule has 0 aromatic rings. The van der Waals surface area contributed by atoms with Gasteiger partial charge in [0.1, 0.15) is 5.60 Å². The zero-order chi connectivity index (χ0) is 12.9. The van der Waals surface area contributed by atoms with Crippen molar-refractivity contribution >= 4 is 6.09 Å². The maximum absolute atomic E-state index is 11.5. The Bertz CT molecular complexity index is 249. The Labute approximate surface area is 102 Å². The molecule has 0 aromatic carbocycles. The molecule has 100 valence electrons. The first-order valence-electron chi connectivity index (χ1n) is 6.08. The number of alkyl carbamates (subject to hydrolysis) is 1. The van der Waals surface area contributed by atoms with Crippen LogP contribution in [-0.4, -0.2) is 43.2 Å². The molecule has 0 aromatic heterocycles. The fraction of sp³-hybridized carbons (Fsp3) is 0.917. The van der Waals surface area contributed by atoms with E-state index in [1.54, 1.807) is 0 Å². The average molecular weight is 245 g/mol. The van der Waals surface area contributed by atoms with E-state index in [1.165, 1.54) is 0 Å². The molecule has 5 nitrogen and oxygen atoms in total. The van der Waals surface area contributed by atoms with Crippen LogP contribution < -0.4 is 5.32 Å². The van der Waals surface area contributed by atoms with E-state index in [9.17, 15) is 9.90 Å². The molecule has 0 aliphatic carbocycles. The molecule has 1 aliphatic heterocycles. The van der Waals surface area contributed by atoms with Crippen LogP contribution in [0.25, 0.3) is 0 Å². The quantitative estimate of drug-likeness (QED) is 0.783. The minimum atomic E-state index is -0.476. The first-order valence-corrected chi connectivity index (χ1v) is 6.08. The Hall–Kier alpha value is -0.810. The van der Waals surface area contributed by atoms with Gasteiger partial charge in [0.2, 0.25) is 0 Å². The van der Waals surface area contributed by atoms with Crippen LogP contribution >= 0.6 is 0 Å². The standard InChI is InChI=1S/C12H23NO4/c1-12(2,3)17-11(15)13-6-9-4-5-16-8-10(9)7-14/h9-10,14H,4-8H2,1-3H3,(H,13,15)/t9-,10+/m0/s1. The summed E-state index contributed by atoms with van der Waals surface area (Å²) in [5.74, 6) is 0.375. The van der Waals surface area contributed by atoms with Crippen LogP contribution in [0, 0.1) is 11.8 Å². The summed E-state index contributed by atoms with van der Waals surface area (Å²) in [6, 6.07) is 0. The molecule has 1 heterocycles. The summed E-state index contributed by atoms with van der Waals surface area (Å²) in [5, 5.41) is 11.9. The molecule has 2 atom stereocenters. The highest BCUT2D eigenvalue weighted by Gasteiger charge is 2.26. The molecule has 17 heavy (non-hydrogen) atoms. The van der Waals surface area contributed by atoms with Gasteiger partial charge in [-0.25, -0.2) is 4.79 Å². The maximum Gasteiger partial charge on any atom is 0.407 e. The van der Waals surface area contributed by atoms with Crippen LogP contribution in [0.1, 0.15) is 27.2 Å². The number of nitrogens with one attached hydrogen (secondary N) is 1. The number of carbonyl (C=O) groups excluding carboxylic acids is 1. The van der Waals surface area contributed by atoms with E-state index in [0.29, 0.717) is 19.8 Å². The molecule has 0 bridgehead atoms. The highest BCUT2D eigenvalue weighted by molar-refractivity contribution is 5.67. The molecule has 1 fully saturated rings. The van der Waals surface area contributed by atoms with E-state index in [-0.39, 0.29) is 18.4 Å². The van der Waals surface area contributed by atoms with Gasteiger partial charge in [-0.3, -0.25) is 0 Å². The lowest BCUT2D eigenvalue weighted by Crippen LogP contribution is -2.40. The van der Waals surface area contributed by atoms with Crippen molar-refractivity contribution in [2.24, 2.45) is 11.8 Å². The van der Waals surface area contributed by atoms with Crippen molar-refractivity contribution in [3.05, 3.63) is 0 Å². The number of amides is 1. The molecular formula is C12H23NO4. The number of aliphatic hydroxyl groups is 1. The van der Waals surface area contributed by atoms with Gasteiger partial charge in [0.15, 0.2) is 0 Å². The summed E-state index contributed by atoms with van der Waals surface area (Å²) in [6.45, 7) is 7.38. The number of aliphatic hydroxyl groups excluding tert-OH is 1. The van der Waals surface area contributed by atoms with E-state index >= 15 is 0 Å². The Balaban J connectivity index is 2.31. The third kappa shape index (κ3) is 5.37. The van der Waals surface area contributed by atoms with Crippen molar-refractivity contribution in [3.63, 3.8) is 0 Å². The summed E-state index contributed by atoms with van der Waals surface area (Å²) < 4.78 is 10.4. The predicted molar refractivity (Wildman–Crippen MR) is 63.7 cm³/mol. The summed E-state index contributed by atoms with van der Waals surface area (Å²) in [7, 11) is 0. The summed E-state index contributed by atoms with van der Waals surface area (Å²) in [5.41, 5.74) is -0.476. The number of ether oxygens (including phenoxy) is 2. The molecule has 0 spiro atoms. The van der Waals surface area contributed by atoms with Crippen LogP contribution in [0.2, 0.25) is 0 Å². The molecule has 0 saturated carbocycles. The fourth-order valence-corrected chi connectivity index (χ4v) is 1.84. The Morgan fingerprint density at radius 1 is 1.47 bits per heavy atom. The molecule has 1 rings (SSSR count). The van der Waals surface area contributed by atoms with Gasteiger partial charge in [0.05, 0.1) is 6.61 Å². The van der Waals surface area contributed by atoms with Crippen LogP contribution in [0.5, 0.6) is 0 Å². The van der Waals surface area contributed by atoms with Crippen molar-refractivity contribution in [3.8, 4) is 0 Å². The number of carbonyl (C=O) groups is 1. The Morgan fingerprint density at radius 3 is 2.76 bits per heavy atom. The van der Waals surface area contributed by atoms with Crippen LogP contribution in [0.4, 0.5) is 4.79 Å². The lowest BCUT2D eigenvalue weighted by molar-refractivity contribution is -0.00824. The van der Waals surface area contributed by atoms with Crippen LogP contribution in [-0.2, 0) is 9.47 Å². The minimum absolute atomic E-state index is 0.0979. The van der Waals surface area contributed by atoms with Crippen molar-refractivity contribution < 1.29 is 19.4 Å². The van der Waals surface area contributed by atoms with E-state index in [1.807, 2.05) is 20.8 Å². The molecular weight excluding hydrogens is 222 g/mol. The zero-order valence-corrected chi connectivity index (χ0v) is 10.9. The van der Waals surface area contributed by atoms with E-state index < -0.39 is 11.7 Å². The van der Waals surface area contributed by atoms with E-state index in [0.717, 1.165) is 6.42 Å². The second-order valence-corrected chi connectivity index (χ2v) is 5.45. The van der Waals surface area contributed by atoms with Gasteiger partial charge in [-0.1, -0.05) is 0 Å². The second kappa shape index (κ2) is 6.21. The predicted octanol–water partition coefficient (Wildman–Crippen LogP) is 1.16. The van der Waals surface area contributed by atoms with Gasteiger partial charge in [-0.15, -0.1) is 0 Å². The van der Waals surface area contributed by atoms with Crippen molar-refractivity contribution in [1.29, 1.82) is 0 Å². The lowest BCUT2D eigenvalue weighted by atomic mass is 9.89. The number of hydrogen-bond donors (Lipinski definition) is 2. The summed E-state index contributed by atoms with van der Waals surface area (Å²) >= 11 is 0. The Morgan fingerprint density at radius 2 is 2.18 bits per heavy atom. The molecule has 1 amide bonds. The maximum atomic E-state index is 11.5. The fourth-order valence-electron chi connectivity index (χ4n) is 1.84. The molecule has 2 N–H and O–H groups in total. The topological polar surface area (TPSA) is 67.8 Å². The van der Waals surface area contributed by atoms with Gasteiger partial charge in [0, 0.05) is 25.7 Å². The normalized spacial score (nSPS) is 25.4. The smallest absolute Gasteiger partial charge is 0.407 e. The van der Waals surface area contributed by atoms with Gasteiger partial charge >= 0.3 is 6.09 Å². The molecule has 0 radical (unpaired) electrons. The average Bonchev–Trinajstić information content (AvgIpc) is 2.24. The molecule has 1 saturated heterocycles. The molecule has 5 heteroatoms. The van der Waals surface area contributed by atoms with Crippen LogP contribution in [0.15, 0.2) is 0 Å². The first-order chi connectivity index (χ1) is 7.92. The van der Waals surface area contributed by atoms with Gasteiger partial charge < -0.3 is 19.9 Å². The minimum Gasteiger partial charge on any atom is -0.444 e.